The van der Waals surface area contributed by atoms with Gasteiger partial charge in [-0.2, -0.15) is 9.97 Å². The molecule has 1 atom stereocenters. The molecule has 35 heavy (non-hydrogen) atoms. The molecule has 0 radical (unpaired) electrons. The number of aromatic nitrogens is 4. The van der Waals surface area contributed by atoms with Gasteiger partial charge in [0.25, 0.3) is 5.91 Å². The number of halogens is 2. The van der Waals surface area contributed by atoms with Crippen molar-refractivity contribution >= 4 is 69.7 Å². The Bertz CT molecular complexity index is 1320. The number of nitrogens with zero attached hydrogens (tertiary/aromatic N) is 5. The minimum Gasteiger partial charge on any atom is -0.481 e. The number of benzene rings is 1. The zero-order valence-corrected chi connectivity index (χ0v) is 19.7. The lowest BCUT2D eigenvalue weighted by Gasteiger charge is -2.22. The Morgan fingerprint density at radius 1 is 1.11 bits per heavy atom. The summed E-state index contributed by atoms with van der Waals surface area (Å²) in [6, 6.07) is 1.33. The predicted octanol–water partition coefficient (Wildman–Crippen LogP) is 1.58. The fourth-order valence-corrected chi connectivity index (χ4v) is 3.70. The Balaban J connectivity index is 1.80. The van der Waals surface area contributed by atoms with Crippen LogP contribution in [0, 0.1) is 0 Å². The lowest BCUT2D eigenvalue weighted by Crippen LogP contribution is -2.41. The van der Waals surface area contributed by atoms with Crippen molar-refractivity contribution in [3.05, 3.63) is 39.6 Å². The van der Waals surface area contributed by atoms with E-state index >= 15 is 0 Å². The van der Waals surface area contributed by atoms with Gasteiger partial charge in [-0.25, -0.2) is 14.8 Å². The molecule has 3 aromatic rings. The number of nitrogens with one attached hydrogen (secondary N) is 1. The van der Waals surface area contributed by atoms with Gasteiger partial charge in [0.15, 0.2) is 17.0 Å². The van der Waals surface area contributed by atoms with Crippen molar-refractivity contribution in [3.63, 3.8) is 0 Å². The summed E-state index contributed by atoms with van der Waals surface area (Å²) in [5, 5.41) is 20.4. The average Bonchev–Trinajstić information content (AvgIpc) is 2.77. The van der Waals surface area contributed by atoms with Crippen LogP contribution in [0.4, 0.5) is 17.5 Å². The Kier molecular flexibility index (Phi) is 7.71. The first kappa shape index (κ1) is 25.6. The van der Waals surface area contributed by atoms with Crippen LogP contribution in [0.2, 0.25) is 10.0 Å². The molecule has 1 amide bonds. The van der Waals surface area contributed by atoms with Gasteiger partial charge < -0.3 is 31.9 Å². The van der Waals surface area contributed by atoms with E-state index in [1.54, 1.807) is 11.9 Å². The molecule has 3 rings (SSSR count). The summed E-state index contributed by atoms with van der Waals surface area (Å²) in [5.74, 6) is -3.29. The number of aliphatic carboxylic acids is 2. The van der Waals surface area contributed by atoms with E-state index in [0.29, 0.717) is 11.4 Å². The molecular weight excluding hydrogens is 503 g/mol. The number of amides is 1. The monoisotopic (exact) mass is 522 g/mol. The maximum Gasteiger partial charge on any atom is 0.326 e. The van der Waals surface area contributed by atoms with Crippen molar-refractivity contribution in [2.24, 2.45) is 0 Å². The Morgan fingerprint density at radius 3 is 2.49 bits per heavy atom. The van der Waals surface area contributed by atoms with Gasteiger partial charge in [-0.15, -0.1) is 0 Å². The average molecular weight is 523 g/mol. The third-order valence-corrected chi connectivity index (χ3v) is 5.46. The lowest BCUT2D eigenvalue weighted by molar-refractivity contribution is -0.140. The molecule has 2 heterocycles. The quantitative estimate of drug-likeness (QED) is 0.271. The number of nitrogen functional groups attached to an aromatic ring is 2. The number of carbonyl (C=O) groups is 3. The van der Waals surface area contributed by atoms with E-state index in [0.717, 1.165) is 0 Å². The molecule has 15 heteroatoms. The second-order valence-electron chi connectivity index (χ2n) is 7.44. The molecule has 0 spiro atoms. The summed E-state index contributed by atoms with van der Waals surface area (Å²) in [6.45, 7) is 0.227. The second kappa shape index (κ2) is 10.5. The molecule has 2 aromatic heterocycles. The summed E-state index contributed by atoms with van der Waals surface area (Å²) >= 11 is 12.7. The second-order valence-corrected chi connectivity index (χ2v) is 8.25. The van der Waals surface area contributed by atoms with E-state index in [1.807, 2.05) is 0 Å². The van der Waals surface area contributed by atoms with Crippen LogP contribution in [0.25, 0.3) is 11.2 Å². The number of carbonyl (C=O) groups excluding carboxylic acids is 1. The smallest absolute Gasteiger partial charge is 0.326 e. The zero-order chi connectivity index (χ0) is 25.9. The number of hydrogen-bond acceptors (Lipinski definition) is 10. The Hall–Kier alpha value is -3.97. The summed E-state index contributed by atoms with van der Waals surface area (Å²) in [6.07, 6.45) is 0.765. The number of nitrogens with two attached hydrogens (primary N) is 2. The van der Waals surface area contributed by atoms with Gasteiger partial charge in [-0.3, -0.25) is 9.59 Å². The SMILES string of the molecule is CN(Cc1cnc2nc(N)nc(N)c2n1)c1cc(Cl)c(C(=O)N[C@H](CCC(=O)O)C(=O)O)cc1Cl. The molecule has 0 saturated carbocycles. The van der Waals surface area contributed by atoms with Gasteiger partial charge in [0, 0.05) is 13.5 Å². The van der Waals surface area contributed by atoms with E-state index in [2.05, 4.69) is 25.3 Å². The number of carboxylic acid groups (broad SMARTS) is 2. The van der Waals surface area contributed by atoms with Gasteiger partial charge in [0.2, 0.25) is 5.95 Å². The summed E-state index contributed by atoms with van der Waals surface area (Å²) in [4.78, 5) is 52.8. The molecular formula is C20H20Cl2N8O5. The van der Waals surface area contributed by atoms with Crippen molar-refractivity contribution in [3.8, 4) is 0 Å². The predicted molar refractivity (Wildman–Crippen MR) is 128 cm³/mol. The van der Waals surface area contributed by atoms with E-state index in [1.165, 1.54) is 18.3 Å². The van der Waals surface area contributed by atoms with Crippen molar-refractivity contribution in [1.29, 1.82) is 0 Å². The molecule has 0 saturated heterocycles. The zero-order valence-electron chi connectivity index (χ0n) is 18.2. The van der Waals surface area contributed by atoms with Gasteiger partial charge in [-0.1, -0.05) is 23.2 Å². The van der Waals surface area contributed by atoms with Crippen LogP contribution in [-0.2, 0) is 16.1 Å². The highest BCUT2D eigenvalue weighted by Crippen LogP contribution is 2.32. The molecule has 7 N–H and O–H groups in total. The van der Waals surface area contributed by atoms with Crippen LogP contribution >= 0.6 is 23.2 Å². The third-order valence-electron chi connectivity index (χ3n) is 4.84. The molecule has 0 aliphatic heterocycles. The number of carboxylic acids is 2. The topological polar surface area (TPSA) is 211 Å². The summed E-state index contributed by atoms with van der Waals surface area (Å²) in [7, 11) is 1.71. The summed E-state index contributed by atoms with van der Waals surface area (Å²) in [5.41, 5.74) is 12.9. The molecule has 0 unspecified atom stereocenters. The molecule has 0 aliphatic rings. The highest BCUT2D eigenvalue weighted by molar-refractivity contribution is 6.37. The van der Waals surface area contributed by atoms with Crippen LogP contribution in [0.5, 0.6) is 0 Å². The number of anilines is 3. The highest BCUT2D eigenvalue weighted by atomic mass is 35.5. The van der Waals surface area contributed by atoms with E-state index in [9.17, 15) is 19.5 Å². The van der Waals surface area contributed by atoms with Crippen LogP contribution in [0.3, 0.4) is 0 Å². The summed E-state index contributed by atoms with van der Waals surface area (Å²) < 4.78 is 0. The standard InChI is InChI=1S/C20H20Cl2N8O5/c1-30(7-8-6-25-17-15(26-8)16(23)28-20(24)29-17)13-5-10(21)9(4-11(13)22)18(33)27-12(19(34)35)2-3-14(31)32/h4-6,12H,2-3,7H2,1H3,(H,27,33)(H,31,32)(H,34,35)(H4,23,24,25,28,29)/t12-/m1/s1. The molecule has 184 valence electrons. The minimum absolute atomic E-state index is 0.00818. The first-order chi connectivity index (χ1) is 16.5. The maximum absolute atomic E-state index is 12.6. The van der Waals surface area contributed by atoms with Crippen molar-refractivity contribution < 1.29 is 24.6 Å². The third kappa shape index (κ3) is 6.13. The largest absolute Gasteiger partial charge is 0.481 e. The first-order valence-electron chi connectivity index (χ1n) is 9.96. The Morgan fingerprint density at radius 2 is 1.83 bits per heavy atom. The van der Waals surface area contributed by atoms with Crippen LogP contribution in [-0.4, -0.2) is 61.1 Å². The number of fused-ring (bicyclic) bond motifs is 1. The normalized spacial score (nSPS) is 11.7. The van der Waals surface area contributed by atoms with Gasteiger partial charge >= 0.3 is 11.9 Å². The number of hydrogen-bond donors (Lipinski definition) is 5. The van der Waals surface area contributed by atoms with E-state index < -0.39 is 30.3 Å². The Labute approximate surface area is 208 Å². The molecule has 0 aliphatic carbocycles. The lowest BCUT2D eigenvalue weighted by atomic mass is 10.1. The molecule has 13 nitrogen and oxygen atoms in total. The van der Waals surface area contributed by atoms with Crippen LogP contribution in [0.15, 0.2) is 18.3 Å². The fraction of sp³-hybridized carbons (Fsp3) is 0.250. The van der Waals surface area contributed by atoms with E-state index in [4.69, 9.17) is 39.8 Å². The van der Waals surface area contributed by atoms with E-state index in [-0.39, 0.29) is 51.5 Å². The number of rotatable bonds is 9. The van der Waals surface area contributed by atoms with Gasteiger partial charge in [0.1, 0.15) is 6.04 Å². The fourth-order valence-electron chi connectivity index (χ4n) is 3.15. The van der Waals surface area contributed by atoms with Gasteiger partial charge in [0.05, 0.1) is 39.7 Å². The highest BCUT2D eigenvalue weighted by Gasteiger charge is 2.24. The maximum atomic E-state index is 12.6. The first-order valence-corrected chi connectivity index (χ1v) is 10.7. The van der Waals surface area contributed by atoms with Gasteiger partial charge in [-0.05, 0) is 18.6 Å². The van der Waals surface area contributed by atoms with Crippen LogP contribution < -0.4 is 21.7 Å². The van der Waals surface area contributed by atoms with Crippen molar-refractivity contribution in [1.82, 2.24) is 25.3 Å². The van der Waals surface area contributed by atoms with Crippen molar-refractivity contribution in [2.45, 2.75) is 25.4 Å². The van der Waals surface area contributed by atoms with Crippen LogP contribution in [0.1, 0.15) is 28.9 Å². The van der Waals surface area contributed by atoms with Crippen molar-refractivity contribution in [2.75, 3.05) is 23.4 Å². The minimum atomic E-state index is -1.41. The molecule has 0 fully saturated rings. The molecule has 1 aromatic carbocycles. The molecule has 0 bridgehead atoms.